The number of rotatable bonds is 5. The van der Waals surface area contributed by atoms with Gasteiger partial charge in [0.05, 0.1) is 7.11 Å². The highest BCUT2D eigenvalue weighted by Gasteiger charge is 2.35. The summed E-state index contributed by atoms with van der Waals surface area (Å²) in [6.45, 7) is 15.5. The fourth-order valence-electron chi connectivity index (χ4n) is 4.18. The van der Waals surface area contributed by atoms with E-state index in [0.717, 1.165) is 31.7 Å². The van der Waals surface area contributed by atoms with Gasteiger partial charge in [0, 0.05) is 55.7 Å². The molecule has 1 atom stereocenters. The van der Waals surface area contributed by atoms with Gasteiger partial charge >= 0.3 is 6.01 Å². The molecule has 0 amide bonds. The number of benzene rings is 1. The van der Waals surface area contributed by atoms with Gasteiger partial charge in [-0.05, 0) is 37.8 Å². The summed E-state index contributed by atoms with van der Waals surface area (Å²) in [5.74, 6) is 0.517. The molecule has 2 heterocycles. The molecule has 1 unspecified atom stereocenters. The van der Waals surface area contributed by atoms with Crippen molar-refractivity contribution in [3.8, 4) is 6.01 Å². The highest BCUT2D eigenvalue weighted by molar-refractivity contribution is 5.33. The molecule has 1 aromatic carbocycles. The quantitative estimate of drug-likeness (QED) is 0.773. The minimum atomic E-state index is 0.129. The maximum atomic E-state index is 5.08. The zero-order chi connectivity index (χ0) is 20.3. The largest absolute Gasteiger partial charge is 0.467 e. The van der Waals surface area contributed by atoms with Gasteiger partial charge in [0.1, 0.15) is 0 Å². The third kappa shape index (κ3) is 4.70. The van der Waals surface area contributed by atoms with Crippen LogP contribution in [-0.4, -0.2) is 52.1 Å². The summed E-state index contributed by atoms with van der Waals surface area (Å²) >= 11 is 0. The molecular formula is C23H34N4O. The predicted octanol–water partition coefficient (Wildman–Crippen LogP) is 4.27. The molecule has 5 heteroatoms. The molecule has 0 spiro atoms. The van der Waals surface area contributed by atoms with Crippen LogP contribution in [0.15, 0.2) is 36.7 Å². The molecular weight excluding hydrogens is 348 g/mol. The monoisotopic (exact) mass is 382 g/mol. The van der Waals surface area contributed by atoms with Crippen LogP contribution in [0, 0.1) is 0 Å². The van der Waals surface area contributed by atoms with Gasteiger partial charge in [0.2, 0.25) is 0 Å². The fourth-order valence-corrected chi connectivity index (χ4v) is 4.18. The first-order valence-corrected chi connectivity index (χ1v) is 10.2. The van der Waals surface area contributed by atoms with E-state index in [0.29, 0.717) is 18.0 Å². The Morgan fingerprint density at radius 1 is 1.11 bits per heavy atom. The van der Waals surface area contributed by atoms with E-state index in [-0.39, 0.29) is 5.54 Å². The normalized spacial score (nSPS) is 19.2. The number of hydrogen-bond donors (Lipinski definition) is 0. The van der Waals surface area contributed by atoms with Crippen LogP contribution in [0.4, 0.5) is 0 Å². The van der Waals surface area contributed by atoms with Crippen LogP contribution in [0.2, 0.25) is 0 Å². The van der Waals surface area contributed by atoms with Crippen molar-refractivity contribution in [2.45, 2.75) is 58.7 Å². The lowest BCUT2D eigenvalue weighted by Gasteiger charge is -2.49. The molecule has 1 saturated heterocycles. The van der Waals surface area contributed by atoms with Crippen molar-refractivity contribution in [2.75, 3.05) is 26.7 Å². The average molecular weight is 383 g/mol. The van der Waals surface area contributed by atoms with Crippen LogP contribution < -0.4 is 4.74 Å². The fraction of sp³-hybridized carbons (Fsp3) is 0.565. The Kier molecular flexibility index (Phi) is 6.36. The van der Waals surface area contributed by atoms with Gasteiger partial charge in [-0.25, -0.2) is 9.97 Å². The lowest BCUT2D eigenvalue weighted by molar-refractivity contribution is 0.00547. The summed E-state index contributed by atoms with van der Waals surface area (Å²) in [5, 5.41) is 0. The zero-order valence-electron chi connectivity index (χ0n) is 18.1. The predicted molar refractivity (Wildman–Crippen MR) is 114 cm³/mol. The first-order chi connectivity index (χ1) is 13.3. The molecule has 28 heavy (non-hydrogen) atoms. The highest BCUT2D eigenvalue weighted by Crippen LogP contribution is 2.35. The van der Waals surface area contributed by atoms with E-state index in [1.807, 2.05) is 12.4 Å². The second-order valence-corrected chi connectivity index (χ2v) is 8.98. The van der Waals surface area contributed by atoms with E-state index >= 15 is 0 Å². The van der Waals surface area contributed by atoms with Gasteiger partial charge in [-0.3, -0.25) is 9.80 Å². The van der Waals surface area contributed by atoms with Crippen molar-refractivity contribution in [2.24, 2.45) is 0 Å². The van der Waals surface area contributed by atoms with Gasteiger partial charge in [-0.15, -0.1) is 0 Å². The van der Waals surface area contributed by atoms with E-state index in [9.17, 15) is 0 Å². The molecule has 1 fully saturated rings. The molecule has 0 aliphatic carbocycles. The maximum absolute atomic E-state index is 5.08. The van der Waals surface area contributed by atoms with Crippen molar-refractivity contribution in [1.29, 1.82) is 0 Å². The van der Waals surface area contributed by atoms with Crippen molar-refractivity contribution < 1.29 is 4.74 Å². The van der Waals surface area contributed by atoms with Gasteiger partial charge in [0.15, 0.2) is 0 Å². The summed E-state index contributed by atoms with van der Waals surface area (Å²) in [6, 6.07) is 9.75. The molecule has 1 aromatic heterocycles. The van der Waals surface area contributed by atoms with Crippen LogP contribution in [0.5, 0.6) is 6.01 Å². The zero-order valence-corrected chi connectivity index (χ0v) is 18.1. The van der Waals surface area contributed by atoms with Crippen molar-refractivity contribution >= 4 is 0 Å². The van der Waals surface area contributed by atoms with E-state index in [1.165, 1.54) is 11.1 Å². The van der Waals surface area contributed by atoms with E-state index < -0.39 is 0 Å². The summed E-state index contributed by atoms with van der Waals surface area (Å²) in [6.07, 6.45) is 3.75. The van der Waals surface area contributed by atoms with E-state index in [2.05, 4.69) is 78.7 Å². The number of piperazine rings is 1. The minimum absolute atomic E-state index is 0.129. The van der Waals surface area contributed by atoms with Gasteiger partial charge in [-0.2, -0.15) is 0 Å². The number of hydrogen-bond acceptors (Lipinski definition) is 5. The molecule has 0 radical (unpaired) electrons. The maximum Gasteiger partial charge on any atom is 0.316 e. The summed E-state index contributed by atoms with van der Waals surface area (Å²) < 4.78 is 5.08. The van der Waals surface area contributed by atoms with E-state index in [4.69, 9.17) is 4.74 Å². The van der Waals surface area contributed by atoms with Crippen LogP contribution in [0.3, 0.4) is 0 Å². The second kappa shape index (κ2) is 8.58. The molecule has 152 valence electrons. The molecule has 5 nitrogen and oxygen atoms in total. The minimum Gasteiger partial charge on any atom is -0.467 e. The van der Waals surface area contributed by atoms with Crippen LogP contribution in [0.1, 0.15) is 63.3 Å². The smallest absolute Gasteiger partial charge is 0.316 e. The number of ether oxygens (including phenoxy) is 1. The Balaban J connectivity index is 1.85. The summed E-state index contributed by atoms with van der Waals surface area (Å²) in [4.78, 5) is 13.7. The Hall–Kier alpha value is -1.98. The molecule has 3 rings (SSSR count). The molecule has 0 saturated carbocycles. The number of aromatic nitrogens is 2. The van der Waals surface area contributed by atoms with Crippen molar-refractivity contribution in [3.63, 3.8) is 0 Å². The van der Waals surface area contributed by atoms with Crippen molar-refractivity contribution in [1.82, 2.24) is 19.8 Å². The van der Waals surface area contributed by atoms with Gasteiger partial charge < -0.3 is 4.74 Å². The van der Waals surface area contributed by atoms with Crippen LogP contribution in [0.25, 0.3) is 0 Å². The Bertz CT molecular complexity index is 767. The van der Waals surface area contributed by atoms with Crippen LogP contribution >= 0.6 is 0 Å². The summed E-state index contributed by atoms with van der Waals surface area (Å²) in [5.41, 5.74) is 4.17. The molecule has 1 aliphatic rings. The topological polar surface area (TPSA) is 41.5 Å². The van der Waals surface area contributed by atoms with E-state index in [1.54, 1.807) is 7.11 Å². The lowest BCUT2D eigenvalue weighted by atomic mass is 9.88. The average Bonchev–Trinajstić information content (AvgIpc) is 2.67. The first-order valence-electron chi connectivity index (χ1n) is 10.2. The Labute approximate surface area is 169 Å². The standard InChI is InChI=1S/C23H34N4O/c1-17(2)19-9-7-8-10-20(19)21-16-26(11-12-27(21)23(3,4)5)15-18-13-24-22(28-6)25-14-18/h7-10,13-14,17,21H,11-12,15-16H2,1-6H3. The Morgan fingerprint density at radius 3 is 2.39 bits per heavy atom. The summed E-state index contributed by atoms with van der Waals surface area (Å²) in [7, 11) is 1.59. The number of nitrogens with zero attached hydrogens (tertiary/aromatic N) is 4. The van der Waals surface area contributed by atoms with Crippen LogP contribution in [-0.2, 0) is 6.54 Å². The third-order valence-corrected chi connectivity index (χ3v) is 5.57. The molecule has 1 aliphatic heterocycles. The van der Waals surface area contributed by atoms with Gasteiger partial charge in [0.25, 0.3) is 0 Å². The molecule has 0 N–H and O–H groups in total. The molecule has 2 aromatic rings. The highest BCUT2D eigenvalue weighted by atomic mass is 16.5. The second-order valence-electron chi connectivity index (χ2n) is 8.98. The SMILES string of the molecule is COc1ncc(CN2CCN(C(C)(C)C)C(c3ccccc3C(C)C)C2)cn1. The van der Waals surface area contributed by atoms with Gasteiger partial charge in [-0.1, -0.05) is 38.1 Å². The molecule has 0 bridgehead atoms. The first kappa shape index (κ1) is 20.7. The lowest BCUT2D eigenvalue weighted by Crippen LogP contribution is -2.55. The Morgan fingerprint density at radius 2 is 1.79 bits per heavy atom. The third-order valence-electron chi connectivity index (χ3n) is 5.57. The number of methoxy groups -OCH3 is 1. The van der Waals surface area contributed by atoms with Crippen molar-refractivity contribution in [3.05, 3.63) is 53.3 Å².